The van der Waals surface area contributed by atoms with Gasteiger partial charge in [0.1, 0.15) is 5.52 Å². The van der Waals surface area contributed by atoms with Gasteiger partial charge in [0, 0.05) is 38.7 Å². The Morgan fingerprint density at radius 3 is 2.46 bits per heavy atom. The van der Waals surface area contributed by atoms with Gasteiger partial charge in [-0.15, -0.1) is 0 Å². The maximum Gasteiger partial charge on any atom is 0.303 e. The predicted molar refractivity (Wildman–Crippen MR) is 105 cm³/mol. The van der Waals surface area contributed by atoms with Crippen molar-refractivity contribution in [3.8, 4) is 0 Å². The van der Waals surface area contributed by atoms with E-state index in [1.807, 2.05) is 36.4 Å². The summed E-state index contributed by atoms with van der Waals surface area (Å²) in [6, 6.07) is 18.3. The molecule has 4 rings (SSSR count). The summed E-state index contributed by atoms with van der Waals surface area (Å²) in [5.74, 6) is -0.745. The smallest absolute Gasteiger partial charge is 0.303 e. The number of aromatic nitrogens is 2. The second kappa shape index (κ2) is 7.93. The summed E-state index contributed by atoms with van der Waals surface area (Å²) in [6.45, 7) is 1.60. The number of benzene rings is 2. The largest absolute Gasteiger partial charge is 0.481 e. The minimum absolute atomic E-state index is 0.0778. The molecule has 0 spiro atoms. The fraction of sp³-hybridized carbons (Fsp3) is 0.100. The van der Waals surface area contributed by atoms with Gasteiger partial charge in [0.05, 0.1) is 0 Å². The standard InChI is InChI=1S/C17H12N2OS.C3H6O2/c20-17-16-13(8-9-18-16)14-10-12(6-7-15(14)19-17)21-11-4-2-1-3-5-11;1-2-3(4)5/h1-10,18H,(H,19,20);2H2,1H3,(H,4,5). The quantitative estimate of drug-likeness (QED) is 0.493. The minimum Gasteiger partial charge on any atom is -0.481 e. The van der Waals surface area contributed by atoms with Crippen LogP contribution in [0.15, 0.2) is 75.4 Å². The van der Waals surface area contributed by atoms with Crippen LogP contribution in [0.1, 0.15) is 13.3 Å². The lowest BCUT2D eigenvalue weighted by atomic mass is 10.1. The Labute approximate surface area is 154 Å². The van der Waals surface area contributed by atoms with E-state index in [4.69, 9.17) is 5.11 Å². The minimum atomic E-state index is -0.745. The highest BCUT2D eigenvalue weighted by molar-refractivity contribution is 7.99. The van der Waals surface area contributed by atoms with E-state index in [-0.39, 0.29) is 12.0 Å². The molecule has 2 aromatic carbocycles. The number of aliphatic carboxylic acids is 1. The highest BCUT2D eigenvalue weighted by atomic mass is 32.2. The van der Waals surface area contributed by atoms with Gasteiger partial charge in [-0.25, -0.2) is 0 Å². The normalized spacial score (nSPS) is 10.5. The summed E-state index contributed by atoms with van der Waals surface area (Å²) in [6.07, 6.45) is 2.02. The molecule has 5 nitrogen and oxygen atoms in total. The average Bonchev–Trinajstić information content (AvgIpc) is 3.14. The Morgan fingerprint density at radius 1 is 1.04 bits per heavy atom. The highest BCUT2D eigenvalue weighted by Gasteiger charge is 2.07. The van der Waals surface area contributed by atoms with E-state index in [0.29, 0.717) is 5.52 Å². The van der Waals surface area contributed by atoms with E-state index in [1.165, 1.54) is 4.90 Å². The fourth-order valence-electron chi connectivity index (χ4n) is 2.51. The number of nitrogens with one attached hydrogen (secondary N) is 2. The van der Waals surface area contributed by atoms with Crippen LogP contribution < -0.4 is 5.56 Å². The van der Waals surface area contributed by atoms with Crippen molar-refractivity contribution in [2.75, 3.05) is 0 Å². The molecule has 0 fully saturated rings. The summed E-state index contributed by atoms with van der Waals surface area (Å²) in [7, 11) is 0. The Bertz CT molecular complexity index is 1100. The molecule has 0 aliphatic heterocycles. The number of rotatable bonds is 3. The van der Waals surface area contributed by atoms with Gasteiger partial charge in [-0.05, 0) is 36.4 Å². The van der Waals surface area contributed by atoms with Crippen LogP contribution in [-0.2, 0) is 4.79 Å². The van der Waals surface area contributed by atoms with Crippen LogP contribution in [0.4, 0.5) is 0 Å². The third kappa shape index (κ3) is 3.97. The molecule has 0 atom stereocenters. The third-order valence-corrected chi connectivity index (χ3v) is 4.78. The molecule has 2 heterocycles. The number of carbonyl (C=O) groups is 1. The van der Waals surface area contributed by atoms with Crippen LogP contribution in [0.2, 0.25) is 0 Å². The molecule has 0 unspecified atom stereocenters. The van der Waals surface area contributed by atoms with Crippen LogP contribution in [-0.4, -0.2) is 21.0 Å². The zero-order valence-electron chi connectivity index (χ0n) is 14.2. The van der Waals surface area contributed by atoms with Crippen molar-refractivity contribution < 1.29 is 9.90 Å². The monoisotopic (exact) mass is 366 g/mol. The summed E-state index contributed by atoms with van der Waals surface area (Å²) < 4.78 is 0. The van der Waals surface area contributed by atoms with Gasteiger partial charge < -0.3 is 15.1 Å². The Balaban J connectivity index is 0.000000349. The van der Waals surface area contributed by atoms with Gasteiger partial charge in [-0.3, -0.25) is 9.59 Å². The first-order valence-electron chi connectivity index (χ1n) is 8.16. The molecular formula is C20H18N2O3S. The summed E-state index contributed by atoms with van der Waals surface area (Å²) in [4.78, 5) is 29.6. The Kier molecular flexibility index (Phi) is 5.43. The molecule has 6 heteroatoms. The molecule has 2 aromatic heterocycles. The number of aromatic amines is 2. The molecule has 4 aromatic rings. The zero-order valence-corrected chi connectivity index (χ0v) is 15.0. The molecule has 0 aliphatic carbocycles. The van der Waals surface area contributed by atoms with Crippen molar-refractivity contribution in [1.29, 1.82) is 0 Å². The number of fused-ring (bicyclic) bond motifs is 3. The number of H-pyrrole nitrogens is 2. The van der Waals surface area contributed by atoms with E-state index >= 15 is 0 Å². The van der Waals surface area contributed by atoms with Crippen molar-refractivity contribution in [2.24, 2.45) is 0 Å². The topological polar surface area (TPSA) is 85.9 Å². The molecule has 26 heavy (non-hydrogen) atoms. The Hall–Kier alpha value is -2.99. The lowest BCUT2D eigenvalue weighted by Gasteiger charge is -2.05. The summed E-state index contributed by atoms with van der Waals surface area (Å²) in [5.41, 5.74) is 1.42. The van der Waals surface area contributed by atoms with Gasteiger partial charge >= 0.3 is 5.97 Å². The van der Waals surface area contributed by atoms with Crippen molar-refractivity contribution in [1.82, 2.24) is 9.97 Å². The lowest BCUT2D eigenvalue weighted by molar-refractivity contribution is -0.136. The van der Waals surface area contributed by atoms with Gasteiger partial charge in [-0.2, -0.15) is 0 Å². The number of pyridine rings is 1. The molecule has 0 saturated heterocycles. The molecule has 132 valence electrons. The van der Waals surface area contributed by atoms with Crippen molar-refractivity contribution in [2.45, 2.75) is 23.1 Å². The van der Waals surface area contributed by atoms with Gasteiger partial charge in [0.15, 0.2) is 0 Å². The van der Waals surface area contributed by atoms with Crippen LogP contribution >= 0.6 is 11.8 Å². The van der Waals surface area contributed by atoms with Crippen molar-refractivity contribution in [3.05, 3.63) is 71.1 Å². The first-order valence-corrected chi connectivity index (χ1v) is 8.98. The van der Waals surface area contributed by atoms with Crippen LogP contribution in [0.25, 0.3) is 21.8 Å². The molecule has 3 N–H and O–H groups in total. The second-order valence-corrected chi connectivity index (χ2v) is 6.74. The molecule has 0 radical (unpaired) electrons. The fourth-order valence-corrected chi connectivity index (χ4v) is 3.39. The summed E-state index contributed by atoms with van der Waals surface area (Å²) in [5, 5.41) is 9.75. The number of carboxylic acid groups (broad SMARTS) is 1. The lowest BCUT2D eigenvalue weighted by Crippen LogP contribution is -2.05. The third-order valence-electron chi connectivity index (χ3n) is 3.78. The maximum absolute atomic E-state index is 11.9. The first-order chi connectivity index (χ1) is 12.6. The molecular weight excluding hydrogens is 348 g/mol. The van der Waals surface area contributed by atoms with Crippen molar-refractivity contribution in [3.63, 3.8) is 0 Å². The van der Waals surface area contributed by atoms with Gasteiger partial charge in [-0.1, -0.05) is 36.9 Å². The van der Waals surface area contributed by atoms with E-state index < -0.39 is 5.97 Å². The Morgan fingerprint density at radius 2 is 1.77 bits per heavy atom. The first kappa shape index (κ1) is 17.8. The predicted octanol–water partition coefficient (Wildman–Crippen LogP) is 4.64. The zero-order chi connectivity index (χ0) is 18.5. The second-order valence-electron chi connectivity index (χ2n) is 5.59. The van der Waals surface area contributed by atoms with E-state index in [1.54, 1.807) is 24.9 Å². The maximum atomic E-state index is 11.9. The van der Waals surface area contributed by atoms with E-state index in [0.717, 1.165) is 21.2 Å². The van der Waals surface area contributed by atoms with Crippen LogP contribution in [0, 0.1) is 0 Å². The highest BCUT2D eigenvalue weighted by Crippen LogP contribution is 2.31. The van der Waals surface area contributed by atoms with Crippen LogP contribution in [0.5, 0.6) is 0 Å². The summed E-state index contributed by atoms with van der Waals surface area (Å²) >= 11 is 1.72. The molecule has 0 saturated carbocycles. The van der Waals surface area contributed by atoms with E-state index in [2.05, 4.69) is 28.2 Å². The van der Waals surface area contributed by atoms with E-state index in [9.17, 15) is 9.59 Å². The number of carboxylic acids is 1. The molecule has 0 amide bonds. The SMILES string of the molecule is CCC(=O)O.O=c1[nH]c2ccc(Sc3ccccc3)cc2c2cc[nH]c12. The number of hydrogen-bond donors (Lipinski definition) is 3. The number of hydrogen-bond acceptors (Lipinski definition) is 3. The van der Waals surface area contributed by atoms with Gasteiger partial charge in [0.2, 0.25) is 0 Å². The van der Waals surface area contributed by atoms with Crippen LogP contribution in [0.3, 0.4) is 0 Å². The average molecular weight is 366 g/mol. The van der Waals surface area contributed by atoms with Crippen molar-refractivity contribution >= 4 is 39.5 Å². The van der Waals surface area contributed by atoms with Gasteiger partial charge in [0.25, 0.3) is 5.56 Å². The molecule has 0 bridgehead atoms. The molecule has 0 aliphatic rings.